The molecule has 9 heteroatoms. The Morgan fingerprint density at radius 2 is 1.69 bits per heavy atom. The Labute approximate surface area is 208 Å². The molecule has 32 heavy (non-hydrogen) atoms. The zero-order chi connectivity index (χ0) is 20.1. The Morgan fingerprint density at radius 3 is 2.31 bits per heavy atom. The summed E-state index contributed by atoms with van der Waals surface area (Å²) in [5.74, 6) is 0.833. The molecular formula is C23H36Cl3N3O3. The largest absolute Gasteiger partial charge is 0.497 e. The van der Waals surface area contributed by atoms with Crippen molar-refractivity contribution in [1.29, 1.82) is 0 Å². The first kappa shape index (κ1) is 32.6. The molecule has 0 amide bonds. The van der Waals surface area contributed by atoms with Crippen molar-refractivity contribution in [2.24, 2.45) is 0 Å². The van der Waals surface area contributed by atoms with Crippen LogP contribution in [0, 0.1) is 0 Å². The van der Waals surface area contributed by atoms with E-state index in [2.05, 4.69) is 43.1 Å². The molecule has 1 atom stereocenters. The van der Waals surface area contributed by atoms with Crippen LogP contribution in [-0.4, -0.2) is 53.6 Å². The number of nitrogens with one attached hydrogen (secondary N) is 1. The summed E-state index contributed by atoms with van der Waals surface area (Å²) in [6, 6.07) is 12.3. The molecule has 3 rings (SSSR count). The average Bonchev–Trinajstić information content (AvgIpc) is 2.70. The van der Waals surface area contributed by atoms with E-state index in [-0.39, 0.29) is 35.8 Å². The fourth-order valence-corrected chi connectivity index (χ4v) is 3.82. The van der Waals surface area contributed by atoms with Crippen molar-refractivity contribution in [3.05, 3.63) is 41.4 Å². The molecule has 0 aliphatic carbocycles. The highest BCUT2D eigenvalue weighted by molar-refractivity contribution is 6.31. The molecule has 2 aromatic carbocycles. The van der Waals surface area contributed by atoms with Gasteiger partial charge in [0, 0.05) is 21.8 Å². The Hall–Kier alpha value is -1.54. The molecular weight excluding hydrogens is 473 g/mol. The molecule has 3 aromatic rings. The molecule has 0 saturated heterocycles. The van der Waals surface area contributed by atoms with E-state index >= 15 is 0 Å². The molecule has 0 bridgehead atoms. The number of anilines is 1. The first-order valence-corrected chi connectivity index (χ1v) is 10.5. The number of fused-ring (bicyclic) bond motifs is 2. The normalized spacial score (nSPS) is 11.1. The Balaban J connectivity index is 0. The fourth-order valence-electron chi connectivity index (χ4n) is 3.66. The van der Waals surface area contributed by atoms with E-state index in [1.807, 2.05) is 24.3 Å². The van der Waals surface area contributed by atoms with Crippen LogP contribution in [0.25, 0.3) is 21.8 Å². The van der Waals surface area contributed by atoms with Gasteiger partial charge in [0.1, 0.15) is 5.75 Å². The maximum Gasteiger partial charge on any atom is 0.119 e. The van der Waals surface area contributed by atoms with Gasteiger partial charge in [-0.25, -0.2) is 4.98 Å². The van der Waals surface area contributed by atoms with Gasteiger partial charge in [-0.3, -0.25) is 0 Å². The zero-order valence-electron chi connectivity index (χ0n) is 19.1. The van der Waals surface area contributed by atoms with Gasteiger partial charge in [0.05, 0.1) is 23.8 Å². The Kier molecular flexibility index (Phi) is 15.6. The smallest absolute Gasteiger partial charge is 0.119 e. The fraction of sp³-hybridized carbons (Fsp3) is 0.435. The van der Waals surface area contributed by atoms with E-state index in [1.54, 1.807) is 7.11 Å². The van der Waals surface area contributed by atoms with Gasteiger partial charge in [-0.05, 0) is 75.8 Å². The number of methoxy groups -OCH3 is 1. The second-order valence-corrected chi connectivity index (χ2v) is 7.68. The van der Waals surface area contributed by atoms with Crippen LogP contribution in [0.4, 0.5) is 5.69 Å². The summed E-state index contributed by atoms with van der Waals surface area (Å²) in [5, 5.41) is 6.61. The summed E-state index contributed by atoms with van der Waals surface area (Å²) in [7, 11) is 1.69. The van der Waals surface area contributed by atoms with Crippen LogP contribution in [0.15, 0.2) is 36.4 Å². The Morgan fingerprint density at radius 1 is 1.00 bits per heavy atom. The number of hydrogen-bond acceptors (Lipinski definition) is 4. The van der Waals surface area contributed by atoms with Gasteiger partial charge in [0.2, 0.25) is 0 Å². The minimum atomic E-state index is 0. The zero-order valence-corrected chi connectivity index (χ0v) is 21.5. The maximum absolute atomic E-state index is 6.22. The van der Waals surface area contributed by atoms with Crippen molar-refractivity contribution < 1.29 is 15.7 Å². The van der Waals surface area contributed by atoms with Crippen LogP contribution in [0.3, 0.4) is 0 Å². The molecule has 182 valence electrons. The van der Waals surface area contributed by atoms with Gasteiger partial charge >= 0.3 is 0 Å². The van der Waals surface area contributed by atoms with Crippen LogP contribution >= 0.6 is 36.4 Å². The Bertz CT molecular complexity index is 956. The van der Waals surface area contributed by atoms with Gasteiger partial charge in [0.15, 0.2) is 0 Å². The number of halogens is 3. The molecule has 0 aliphatic rings. The lowest BCUT2D eigenvalue weighted by atomic mass is 10.1. The third-order valence-electron chi connectivity index (χ3n) is 5.34. The van der Waals surface area contributed by atoms with Crippen molar-refractivity contribution in [1.82, 2.24) is 9.88 Å². The summed E-state index contributed by atoms with van der Waals surface area (Å²) in [6.45, 7) is 10.0. The highest BCUT2D eigenvalue weighted by Crippen LogP contribution is 2.34. The van der Waals surface area contributed by atoms with Gasteiger partial charge in [-0.2, -0.15) is 0 Å². The highest BCUT2D eigenvalue weighted by atomic mass is 35.5. The minimum Gasteiger partial charge on any atom is -0.497 e. The lowest BCUT2D eigenvalue weighted by molar-refractivity contribution is 0.295. The number of ether oxygens (including phenoxy) is 1. The van der Waals surface area contributed by atoms with Crippen LogP contribution in [0.5, 0.6) is 5.75 Å². The lowest BCUT2D eigenvalue weighted by Gasteiger charge is -2.22. The molecule has 0 saturated carbocycles. The molecule has 1 aromatic heterocycles. The van der Waals surface area contributed by atoms with E-state index < -0.39 is 0 Å². The third kappa shape index (κ3) is 7.80. The van der Waals surface area contributed by atoms with E-state index in [9.17, 15) is 0 Å². The van der Waals surface area contributed by atoms with E-state index in [4.69, 9.17) is 21.3 Å². The van der Waals surface area contributed by atoms with E-state index in [1.165, 1.54) is 6.42 Å². The van der Waals surface area contributed by atoms with Crippen molar-refractivity contribution in [2.75, 3.05) is 32.1 Å². The molecule has 5 N–H and O–H groups in total. The first-order valence-electron chi connectivity index (χ1n) is 10.1. The maximum atomic E-state index is 6.22. The number of pyridine rings is 1. The number of benzene rings is 2. The monoisotopic (exact) mass is 507 g/mol. The predicted molar refractivity (Wildman–Crippen MR) is 143 cm³/mol. The molecule has 6 nitrogen and oxygen atoms in total. The molecule has 0 fully saturated rings. The number of hydrogen-bond donors (Lipinski definition) is 1. The number of aromatic nitrogens is 1. The second-order valence-electron chi connectivity index (χ2n) is 7.25. The van der Waals surface area contributed by atoms with Crippen molar-refractivity contribution in [2.45, 2.75) is 39.7 Å². The summed E-state index contributed by atoms with van der Waals surface area (Å²) in [6.07, 6.45) is 2.28. The highest BCUT2D eigenvalue weighted by Gasteiger charge is 2.13. The van der Waals surface area contributed by atoms with Gasteiger partial charge < -0.3 is 25.9 Å². The number of rotatable bonds is 9. The summed E-state index contributed by atoms with van der Waals surface area (Å²) in [4.78, 5) is 7.27. The van der Waals surface area contributed by atoms with Crippen LogP contribution < -0.4 is 10.1 Å². The minimum absolute atomic E-state index is 0. The molecule has 0 spiro atoms. The van der Waals surface area contributed by atoms with Crippen LogP contribution in [-0.2, 0) is 0 Å². The summed E-state index contributed by atoms with van der Waals surface area (Å²) < 4.78 is 5.45. The standard InChI is InChI=1S/C23H30ClN3O.2ClH.2H2O/c1-5-27(6-2)13-7-8-16(3)25-23-19-11-9-17(24)14-22(19)26-21-12-10-18(28-4)15-20(21)23;;;;/h9-12,14-16H,5-8,13H2,1-4H3,(H,25,26);2*1H;2*1H2/t16-;;;;/m0..../s1. The molecule has 0 aliphatic heterocycles. The lowest BCUT2D eigenvalue weighted by Crippen LogP contribution is -2.25. The van der Waals surface area contributed by atoms with Crippen molar-refractivity contribution in [3.63, 3.8) is 0 Å². The first-order chi connectivity index (χ1) is 13.5. The third-order valence-corrected chi connectivity index (χ3v) is 5.57. The van der Waals surface area contributed by atoms with E-state index in [0.717, 1.165) is 59.3 Å². The molecule has 0 radical (unpaired) electrons. The quantitative estimate of drug-likeness (QED) is 0.403. The van der Waals surface area contributed by atoms with Crippen molar-refractivity contribution >= 4 is 63.9 Å². The predicted octanol–water partition coefficient (Wildman–Crippen LogP) is 5.17. The van der Waals surface area contributed by atoms with E-state index in [0.29, 0.717) is 11.1 Å². The molecule has 1 heterocycles. The van der Waals surface area contributed by atoms with Crippen LogP contribution in [0.1, 0.15) is 33.6 Å². The van der Waals surface area contributed by atoms with Crippen molar-refractivity contribution in [3.8, 4) is 5.75 Å². The SMILES string of the molecule is CCN(CC)CCC[C@H](C)Nc1c2ccc(Cl)cc2nc2ccc(OC)cc12.Cl.Cl.O.O. The van der Waals surface area contributed by atoms with Crippen LogP contribution in [0.2, 0.25) is 5.02 Å². The van der Waals surface area contributed by atoms with Gasteiger partial charge in [-0.1, -0.05) is 25.4 Å². The summed E-state index contributed by atoms with van der Waals surface area (Å²) in [5.41, 5.74) is 2.95. The average molecular weight is 509 g/mol. The topological polar surface area (TPSA) is 100 Å². The number of nitrogens with zero attached hydrogens (tertiary/aromatic N) is 2. The summed E-state index contributed by atoms with van der Waals surface area (Å²) >= 11 is 6.22. The van der Waals surface area contributed by atoms with Gasteiger partial charge in [0.25, 0.3) is 0 Å². The van der Waals surface area contributed by atoms with Gasteiger partial charge in [-0.15, -0.1) is 24.8 Å². The second kappa shape index (κ2) is 15.3. The molecule has 0 unspecified atom stereocenters.